The van der Waals surface area contributed by atoms with E-state index in [-0.39, 0.29) is 24.4 Å². The van der Waals surface area contributed by atoms with Gasteiger partial charge in [-0.2, -0.15) is 0 Å². The molecule has 0 aliphatic heterocycles. The van der Waals surface area contributed by atoms with E-state index >= 15 is 0 Å². The smallest absolute Gasteiger partial charge is 0.220 e. The lowest BCUT2D eigenvalue weighted by Crippen LogP contribution is -2.30. The van der Waals surface area contributed by atoms with E-state index in [1.807, 2.05) is 49.4 Å². The summed E-state index contributed by atoms with van der Waals surface area (Å²) in [6.07, 6.45) is 1.05. The zero-order chi connectivity index (χ0) is 17.5. The Morgan fingerprint density at radius 3 is 2.56 bits per heavy atom. The van der Waals surface area contributed by atoms with Crippen molar-refractivity contribution >= 4 is 29.9 Å². The van der Waals surface area contributed by atoms with Crippen molar-refractivity contribution in [1.82, 2.24) is 5.32 Å². The molecule has 0 fully saturated rings. The summed E-state index contributed by atoms with van der Waals surface area (Å²) < 4.78 is 5.27. The fourth-order valence-corrected chi connectivity index (χ4v) is 2.87. The van der Waals surface area contributed by atoms with Crippen molar-refractivity contribution in [1.29, 1.82) is 0 Å². The highest BCUT2D eigenvalue weighted by Crippen LogP contribution is 2.31. The number of carbonyl (C=O) groups excluding carboxylic acids is 1. The zero-order valence-electron chi connectivity index (χ0n) is 14.4. The Morgan fingerprint density at radius 1 is 1.24 bits per heavy atom. The molecule has 0 aliphatic rings. The van der Waals surface area contributed by atoms with E-state index in [4.69, 9.17) is 22.1 Å². The number of aryl methyl sites for hydroxylation is 1. The molecule has 2 aromatic carbocycles. The molecule has 1 unspecified atom stereocenters. The van der Waals surface area contributed by atoms with E-state index in [2.05, 4.69) is 5.32 Å². The number of benzene rings is 2. The minimum absolute atomic E-state index is 0. The maximum atomic E-state index is 12.3. The minimum Gasteiger partial charge on any atom is -0.497 e. The Morgan fingerprint density at radius 2 is 1.96 bits per heavy atom. The molecule has 0 aromatic heterocycles. The predicted molar refractivity (Wildman–Crippen MR) is 105 cm³/mol. The van der Waals surface area contributed by atoms with Gasteiger partial charge in [-0.25, -0.2) is 0 Å². The van der Waals surface area contributed by atoms with Gasteiger partial charge in [0.05, 0.1) is 13.2 Å². The van der Waals surface area contributed by atoms with Crippen molar-refractivity contribution in [3.63, 3.8) is 0 Å². The monoisotopic (exact) mass is 382 g/mol. The molecular formula is C19H24Cl2N2O2. The lowest BCUT2D eigenvalue weighted by atomic mass is 9.94. The molecule has 4 nitrogen and oxygen atoms in total. The number of ether oxygens (including phenoxy) is 1. The summed E-state index contributed by atoms with van der Waals surface area (Å²) in [5.41, 5.74) is 8.38. The van der Waals surface area contributed by atoms with Crippen molar-refractivity contribution in [3.8, 4) is 5.75 Å². The van der Waals surface area contributed by atoms with Crippen LogP contribution in [0.25, 0.3) is 0 Å². The van der Waals surface area contributed by atoms with Crippen LogP contribution in [0.5, 0.6) is 5.75 Å². The number of nitrogens with two attached hydrogens (primary N) is 1. The molecule has 136 valence electrons. The van der Waals surface area contributed by atoms with Crippen LogP contribution in [0.4, 0.5) is 0 Å². The molecule has 0 heterocycles. The van der Waals surface area contributed by atoms with Gasteiger partial charge in [-0.05, 0) is 54.8 Å². The van der Waals surface area contributed by atoms with Gasteiger partial charge in [0.15, 0.2) is 0 Å². The summed E-state index contributed by atoms with van der Waals surface area (Å²) in [5.74, 6) is 0.740. The number of hydrogen-bond acceptors (Lipinski definition) is 3. The fourth-order valence-electron chi connectivity index (χ4n) is 2.63. The van der Waals surface area contributed by atoms with Crippen LogP contribution in [0, 0.1) is 6.92 Å². The first-order valence-corrected chi connectivity index (χ1v) is 8.33. The van der Waals surface area contributed by atoms with E-state index in [1.165, 1.54) is 0 Å². The predicted octanol–water partition coefficient (Wildman–Crippen LogP) is 4.02. The first-order chi connectivity index (χ1) is 11.6. The highest BCUT2D eigenvalue weighted by molar-refractivity contribution is 6.31. The van der Waals surface area contributed by atoms with Crippen LogP contribution in [-0.4, -0.2) is 19.6 Å². The number of hydrogen-bond donors (Lipinski definition) is 2. The van der Waals surface area contributed by atoms with Gasteiger partial charge in [0, 0.05) is 11.4 Å². The minimum atomic E-state index is -0.310. The van der Waals surface area contributed by atoms with Crippen molar-refractivity contribution in [2.24, 2.45) is 5.73 Å². The molecule has 1 atom stereocenters. The maximum Gasteiger partial charge on any atom is 0.220 e. The number of nitrogens with one attached hydrogen (secondary N) is 1. The van der Waals surface area contributed by atoms with Crippen LogP contribution in [0.2, 0.25) is 5.02 Å². The molecule has 0 spiro atoms. The van der Waals surface area contributed by atoms with Crippen LogP contribution in [0.3, 0.4) is 0 Å². The number of rotatable bonds is 7. The number of halogens is 2. The second-order valence-corrected chi connectivity index (χ2v) is 6.04. The molecule has 1 amide bonds. The molecule has 2 rings (SSSR count). The van der Waals surface area contributed by atoms with Crippen molar-refractivity contribution in [3.05, 3.63) is 64.2 Å². The third kappa shape index (κ3) is 5.63. The standard InChI is InChI=1S/C19H23ClN2O2.ClH/c1-13-12-14(24-2)9-10-15(13)19(22-18(23)8-5-11-21)16-6-3-4-7-17(16)20;/h3-4,6-7,9-10,12,19H,5,8,11,21H2,1-2H3,(H,22,23);1H. The SMILES string of the molecule is COc1ccc(C(NC(=O)CCCN)c2ccccc2Cl)c(C)c1.Cl. The van der Waals surface area contributed by atoms with Crippen LogP contribution in [-0.2, 0) is 4.79 Å². The third-order valence-corrected chi connectivity index (χ3v) is 4.26. The highest BCUT2D eigenvalue weighted by atomic mass is 35.5. The quantitative estimate of drug-likeness (QED) is 0.759. The Bertz CT molecular complexity index is 708. The molecule has 2 aromatic rings. The van der Waals surface area contributed by atoms with Gasteiger partial charge in [0.25, 0.3) is 0 Å². The molecule has 0 aliphatic carbocycles. The number of amides is 1. The molecular weight excluding hydrogens is 359 g/mol. The van der Waals surface area contributed by atoms with Gasteiger partial charge < -0.3 is 15.8 Å². The molecule has 25 heavy (non-hydrogen) atoms. The molecule has 0 radical (unpaired) electrons. The molecule has 6 heteroatoms. The summed E-state index contributed by atoms with van der Waals surface area (Å²) in [5, 5.41) is 3.71. The first kappa shape index (κ1) is 21.3. The molecule has 3 N–H and O–H groups in total. The Kier molecular flexibility index (Phi) is 8.76. The van der Waals surface area contributed by atoms with Gasteiger partial charge >= 0.3 is 0 Å². The van der Waals surface area contributed by atoms with Crippen LogP contribution in [0.15, 0.2) is 42.5 Å². The largest absolute Gasteiger partial charge is 0.497 e. The summed E-state index contributed by atoms with van der Waals surface area (Å²) >= 11 is 6.37. The van der Waals surface area contributed by atoms with Gasteiger partial charge in [-0.15, -0.1) is 12.4 Å². The van der Waals surface area contributed by atoms with E-state index < -0.39 is 0 Å². The van der Waals surface area contributed by atoms with E-state index in [1.54, 1.807) is 7.11 Å². The van der Waals surface area contributed by atoms with Crippen molar-refractivity contribution in [2.45, 2.75) is 25.8 Å². The van der Waals surface area contributed by atoms with Crippen molar-refractivity contribution in [2.75, 3.05) is 13.7 Å². The molecule has 0 saturated heterocycles. The first-order valence-electron chi connectivity index (χ1n) is 7.95. The number of carbonyl (C=O) groups is 1. The van der Waals surface area contributed by atoms with Gasteiger partial charge in [-0.1, -0.05) is 35.9 Å². The Balaban J connectivity index is 0.00000312. The Hall–Kier alpha value is -1.75. The van der Waals surface area contributed by atoms with Crippen molar-refractivity contribution < 1.29 is 9.53 Å². The fraction of sp³-hybridized carbons (Fsp3) is 0.316. The summed E-state index contributed by atoms with van der Waals surface area (Å²) in [6.45, 7) is 2.49. The topological polar surface area (TPSA) is 64.3 Å². The van der Waals surface area contributed by atoms with E-state index in [0.717, 1.165) is 22.4 Å². The Labute approximate surface area is 160 Å². The lowest BCUT2D eigenvalue weighted by Gasteiger charge is -2.23. The highest BCUT2D eigenvalue weighted by Gasteiger charge is 2.21. The molecule has 0 bridgehead atoms. The second kappa shape index (κ2) is 10.3. The molecule has 0 saturated carbocycles. The van der Waals surface area contributed by atoms with Gasteiger partial charge in [0.2, 0.25) is 5.91 Å². The van der Waals surface area contributed by atoms with Crippen LogP contribution < -0.4 is 15.8 Å². The van der Waals surface area contributed by atoms with Crippen LogP contribution >= 0.6 is 24.0 Å². The average Bonchev–Trinajstić information content (AvgIpc) is 2.58. The summed E-state index contributed by atoms with van der Waals surface area (Å²) in [7, 11) is 1.63. The second-order valence-electron chi connectivity index (χ2n) is 5.64. The third-order valence-electron chi connectivity index (χ3n) is 3.92. The number of methoxy groups -OCH3 is 1. The zero-order valence-corrected chi connectivity index (χ0v) is 16.0. The van der Waals surface area contributed by atoms with E-state index in [0.29, 0.717) is 24.4 Å². The summed E-state index contributed by atoms with van der Waals surface area (Å²) in [4.78, 5) is 12.3. The van der Waals surface area contributed by atoms with Gasteiger partial charge in [0.1, 0.15) is 5.75 Å². The lowest BCUT2D eigenvalue weighted by molar-refractivity contribution is -0.121. The van der Waals surface area contributed by atoms with E-state index in [9.17, 15) is 4.79 Å². The summed E-state index contributed by atoms with van der Waals surface area (Å²) in [6, 6.07) is 13.0. The average molecular weight is 383 g/mol. The van der Waals surface area contributed by atoms with Crippen LogP contribution in [0.1, 0.15) is 35.6 Å². The normalized spacial score (nSPS) is 11.4. The van der Waals surface area contributed by atoms with Gasteiger partial charge in [-0.3, -0.25) is 4.79 Å². The maximum absolute atomic E-state index is 12.3.